The molecule has 0 fully saturated rings. The number of benzene rings is 1. The van der Waals surface area contributed by atoms with E-state index in [1.54, 1.807) is 0 Å². The maximum absolute atomic E-state index is 11.9. The lowest BCUT2D eigenvalue weighted by Gasteiger charge is -2.09. The zero-order valence-electron chi connectivity index (χ0n) is 10.6. The van der Waals surface area contributed by atoms with Crippen molar-refractivity contribution in [2.45, 2.75) is 46.5 Å². The van der Waals surface area contributed by atoms with Crippen LogP contribution in [0.5, 0.6) is 0 Å². The molecule has 0 aromatic heterocycles. The van der Waals surface area contributed by atoms with Crippen LogP contribution in [0.4, 0.5) is 0 Å². The van der Waals surface area contributed by atoms with Gasteiger partial charge >= 0.3 is 0 Å². The Hall–Kier alpha value is -1.11. The van der Waals surface area contributed by atoms with Gasteiger partial charge in [0.2, 0.25) is 0 Å². The highest BCUT2D eigenvalue weighted by Crippen LogP contribution is 2.15. The topological polar surface area (TPSA) is 17.1 Å². The molecule has 0 saturated heterocycles. The molecular weight excluding hydrogens is 196 g/mol. The van der Waals surface area contributed by atoms with Gasteiger partial charge in [0.05, 0.1) is 0 Å². The first-order chi connectivity index (χ1) is 7.67. The molecule has 0 spiro atoms. The van der Waals surface area contributed by atoms with E-state index in [2.05, 4.69) is 32.9 Å². The average Bonchev–Trinajstić information content (AvgIpc) is 2.29. The van der Waals surface area contributed by atoms with Crippen molar-refractivity contribution in [1.29, 1.82) is 0 Å². The van der Waals surface area contributed by atoms with E-state index in [4.69, 9.17) is 0 Å². The van der Waals surface area contributed by atoms with Crippen molar-refractivity contribution >= 4 is 5.78 Å². The van der Waals surface area contributed by atoms with Gasteiger partial charge in [-0.3, -0.25) is 4.79 Å². The first kappa shape index (κ1) is 13.0. The molecule has 0 aliphatic carbocycles. The molecule has 0 bridgehead atoms. The summed E-state index contributed by atoms with van der Waals surface area (Å²) in [7, 11) is 0. The number of hydrogen-bond acceptors (Lipinski definition) is 1. The minimum Gasteiger partial charge on any atom is -0.294 e. The predicted molar refractivity (Wildman–Crippen MR) is 68.8 cm³/mol. The molecule has 0 aliphatic heterocycles. The lowest BCUT2D eigenvalue weighted by molar-refractivity contribution is 0.0962. The summed E-state index contributed by atoms with van der Waals surface area (Å²) in [4.78, 5) is 11.9. The minimum atomic E-state index is 0.281. The number of carbonyl (C=O) groups is 1. The SMILES string of the molecule is CCCC(C)CC(=O)c1ccc(CC)cc1. The third-order valence-corrected chi connectivity index (χ3v) is 3.00. The maximum atomic E-state index is 11.9. The summed E-state index contributed by atoms with van der Waals surface area (Å²) in [6.45, 7) is 6.44. The highest BCUT2D eigenvalue weighted by molar-refractivity contribution is 5.96. The third kappa shape index (κ3) is 3.80. The quantitative estimate of drug-likeness (QED) is 0.652. The molecule has 1 aromatic rings. The van der Waals surface area contributed by atoms with E-state index in [9.17, 15) is 4.79 Å². The summed E-state index contributed by atoms with van der Waals surface area (Å²) in [5.74, 6) is 0.784. The Morgan fingerprint density at radius 3 is 2.31 bits per heavy atom. The lowest BCUT2D eigenvalue weighted by Crippen LogP contribution is -2.06. The Morgan fingerprint density at radius 1 is 1.19 bits per heavy atom. The van der Waals surface area contributed by atoms with Crippen LogP contribution in [0.1, 0.15) is 56.0 Å². The van der Waals surface area contributed by atoms with E-state index < -0.39 is 0 Å². The largest absolute Gasteiger partial charge is 0.294 e. The van der Waals surface area contributed by atoms with Crippen molar-refractivity contribution in [1.82, 2.24) is 0 Å². The van der Waals surface area contributed by atoms with E-state index in [0.29, 0.717) is 12.3 Å². The summed E-state index contributed by atoms with van der Waals surface area (Å²) in [6, 6.07) is 8.02. The summed E-state index contributed by atoms with van der Waals surface area (Å²) in [6.07, 6.45) is 4.00. The predicted octanol–water partition coefficient (Wildman–Crippen LogP) is 4.26. The van der Waals surface area contributed by atoms with Gasteiger partial charge in [-0.05, 0) is 17.9 Å². The molecule has 1 rings (SSSR count). The standard InChI is InChI=1S/C15H22O/c1-4-6-12(3)11-15(16)14-9-7-13(5-2)8-10-14/h7-10,12H,4-6,11H2,1-3H3. The summed E-state index contributed by atoms with van der Waals surface area (Å²) in [5.41, 5.74) is 2.15. The number of aryl methyl sites for hydroxylation is 1. The molecule has 1 nitrogen and oxygen atoms in total. The second-order valence-electron chi connectivity index (χ2n) is 4.57. The Bertz CT molecular complexity index is 324. The van der Waals surface area contributed by atoms with Crippen molar-refractivity contribution < 1.29 is 4.79 Å². The molecule has 0 aliphatic rings. The zero-order valence-corrected chi connectivity index (χ0v) is 10.6. The van der Waals surface area contributed by atoms with Crippen LogP contribution >= 0.6 is 0 Å². The highest BCUT2D eigenvalue weighted by Gasteiger charge is 2.10. The van der Waals surface area contributed by atoms with Gasteiger partial charge in [0.1, 0.15) is 0 Å². The Labute approximate surface area is 98.9 Å². The number of hydrogen-bond donors (Lipinski definition) is 0. The van der Waals surface area contributed by atoms with E-state index in [1.165, 1.54) is 5.56 Å². The monoisotopic (exact) mass is 218 g/mol. The molecule has 1 atom stereocenters. The molecule has 0 heterocycles. The summed E-state index contributed by atoms with van der Waals surface area (Å²) in [5, 5.41) is 0. The molecule has 0 saturated carbocycles. The summed E-state index contributed by atoms with van der Waals surface area (Å²) < 4.78 is 0. The number of rotatable bonds is 6. The number of Topliss-reactive ketones (excluding diaryl/α,β-unsaturated/α-hetero) is 1. The fourth-order valence-electron chi connectivity index (χ4n) is 1.96. The van der Waals surface area contributed by atoms with E-state index in [0.717, 1.165) is 24.8 Å². The van der Waals surface area contributed by atoms with Gasteiger partial charge in [-0.2, -0.15) is 0 Å². The summed E-state index contributed by atoms with van der Waals surface area (Å²) >= 11 is 0. The van der Waals surface area contributed by atoms with Crippen LogP contribution in [-0.4, -0.2) is 5.78 Å². The lowest BCUT2D eigenvalue weighted by atomic mass is 9.95. The van der Waals surface area contributed by atoms with Crippen LogP contribution in [0, 0.1) is 5.92 Å². The molecule has 0 amide bonds. The number of ketones is 1. The fourth-order valence-corrected chi connectivity index (χ4v) is 1.96. The van der Waals surface area contributed by atoms with Crippen LogP contribution < -0.4 is 0 Å². The van der Waals surface area contributed by atoms with Crippen LogP contribution in [0.2, 0.25) is 0 Å². The third-order valence-electron chi connectivity index (χ3n) is 3.00. The molecule has 88 valence electrons. The van der Waals surface area contributed by atoms with Crippen molar-refractivity contribution in [3.63, 3.8) is 0 Å². The van der Waals surface area contributed by atoms with Crippen LogP contribution in [-0.2, 0) is 6.42 Å². The van der Waals surface area contributed by atoms with Gasteiger partial charge in [-0.15, -0.1) is 0 Å². The van der Waals surface area contributed by atoms with Crippen molar-refractivity contribution in [2.24, 2.45) is 5.92 Å². The molecule has 0 radical (unpaired) electrons. The van der Waals surface area contributed by atoms with E-state index in [1.807, 2.05) is 12.1 Å². The smallest absolute Gasteiger partial charge is 0.163 e. The van der Waals surface area contributed by atoms with Gasteiger partial charge in [0.25, 0.3) is 0 Å². The van der Waals surface area contributed by atoms with Gasteiger partial charge in [0.15, 0.2) is 5.78 Å². The van der Waals surface area contributed by atoms with Crippen LogP contribution in [0.15, 0.2) is 24.3 Å². The van der Waals surface area contributed by atoms with Crippen molar-refractivity contribution in [2.75, 3.05) is 0 Å². The van der Waals surface area contributed by atoms with Crippen molar-refractivity contribution in [3.8, 4) is 0 Å². The molecule has 0 N–H and O–H groups in total. The second kappa shape index (κ2) is 6.47. The molecule has 16 heavy (non-hydrogen) atoms. The normalized spacial score (nSPS) is 12.4. The Balaban J connectivity index is 2.59. The van der Waals surface area contributed by atoms with Crippen molar-refractivity contribution in [3.05, 3.63) is 35.4 Å². The second-order valence-corrected chi connectivity index (χ2v) is 4.57. The fraction of sp³-hybridized carbons (Fsp3) is 0.533. The maximum Gasteiger partial charge on any atom is 0.163 e. The van der Waals surface area contributed by atoms with E-state index in [-0.39, 0.29) is 5.78 Å². The molecular formula is C15H22O. The van der Waals surface area contributed by atoms with Gasteiger partial charge in [-0.1, -0.05) is 57.9 Å². The zero-order chi connectivity index (χ0) is 12.0. The van der Waals surface area contributed by atoms with Gasteiger partial charge < -0.3 is 0 Å². The molecule has 1 unspecified atom stereocenters. The van der Waals surface area contributed by atoms with Crippen LogP contribution in [0.25, 0.3) is 0 Å². The Morgan fingerprint density at radius 2 is 1.81 bits per heavy atom. The molecule has 1 heteroatoms. The first-order valence-electron chi connectivity index (χ1n) is 6.29. The van der Waals surface area contributed by atoms with Gasteiger partial charge in [-0.25, -0.2) is 0 Å². The Kier molecular flexibility index (Phi) is 5.24. The van der Waals surface area contributed by atoms with Crippen LogP contribution in [0.3, 0.4) is 0 Å². The average molecular weight is 218 g/mol. The number of carbonyl (C=O) groups excluding carboxylic acids is 1. The van der Waals surface area contributed by atoms with Gasteiger partial charge in [0, 0.05) is 12.0 Å². The first-order valence-corrected chi connectivity index (χ1v) is 6.29. The molecule has 1 aromatic carbocycles. The van der Waals surface area contributed by atoms with E-state index >= 15 is 0 Å². The highest BCUT2D eigenvalue weighted by atomic mass is 16.1. The minimum absolute atomic E-state index is 0.281.